The van der Waals surface area contributed by atoms with E-state index in [4.69, 9.17) is 23.2 Å². The van der Waals surface area contributed by atoms with Crippen LogP contribution in [0.3, 0.4) is 0 Å². The van der Waals surface area contributed by atoms with Gasteiger partial charge >= 0.3 is 0 Å². The van der Waals surface area contributed by atoms with Crippen LogP contribution in [0.1, 0.15) is 47.9 Å². The van der Waals surface area contributed by atoms with E-state index in [1.165, 1.54) is 11.8 Å². The van der Waals surface area contributed by atoms with Crippen LogP contribution in [-0.2, 0) is 28.3 Å². The average Bonchev–Trinajstić information content (AvgIpc) is 3.42. The first-order chi connectivity index (χ1) is 18.4. The molecule has 200 valence electrons. The van der Waals surface area contributed by atoms with Gasteiger partial charge in [0.1, 0.15) is 6.04 Å². The Bertz CT molecular complexity index is 1230. The summed E-state index contributed by atoms with van der Waals surface area (Å²) in [7, 11) is 0. The molecular weight excluding hydrogens is 535 g/mol. The number of amides is 2. The van der Waals surface area contributed by atoms with Crippen molar-refractivity contribution in [2.24, 2.45) is 0 Å². The molecule has 3 aromatic rings. The lowest BCUT2D eigenvalue weighted by Gasteiger charge is -2.32. The smallest absolute Gasteiger partial charge is 0.243 e. The Kier molecular flexibility index (Phi) is 10.6. The van der Waals surface area contributed by atoms with Crippen molar-refractivity contribution < 1.29 is 9.59 Å². The van der Waals surface area contributed by atoms with Crippen LogP contribution in [0.5, 0.6) is 0 Å². The zero-order chi connectivity index (χ0) is 26.9. The Morgan fingerprint density at radius 2 is 1.68 bits per heavy atom. The Morgan fingerprint density at radius 1 is 0.974 bits per heavy atom. The van der Waals surface area contributed by atoms with Crippen LogP contribution in [0.4, 0.5) is 0 Å². The molecule has 1 aliphatic carbocycles. The van der Waals surface area contributed by atoms with Gasteiger partial charge in [0.05, 0.1) is 5.75 Å². The minimum absolute atomic E-state index is 0.0640. The summed E-state index contributed by atoms with van der Waals surface area (Å²) in [5.74, 6) is 0.684. The molecule has 0 spiro atoms. The molecular formula is C31H34Cl2N2O2S. The molecule has 2 amide bonds. The highest BCUT2D eigenvalue weighted by Crippen LogP contribution is 2.26. The number of benzene rings is 3. The Hall–Kier alpha value is -2.47. The minimum Gasteiger partial charge on any atom is -0.352 e. The lowest BCUT2D eigenvalue weighted by atomic mass is 10.0. The third-order valence-electron chi connectivity index (χ3n) is 7.07. The van der Waals surface area contributed by atoms with Crippen LogP contribution in [0.25, 0.3) is 0 Å². The van der Waals surface area contributed by atoms with Crippen molar-refractivity contribution in [3.8, 4) is 0 Å². The van der Waals surface area contributed by atoms with Gasteiger partial charge in [0.15, 0.2) is 0 Å². The van der Waals surface area contributed by atoms with Gasteiger partial charge in [-0.05, 0) is 54.2 Å². The van der Waals surface area contributed by atoms with Gasteiger partial charge in [-0.1, -0.05) is 96.7 Å². The summed E-state index contributed by atoms with van der Waals surface area (Å²) in [5, 5.41) is 4.43. The maximum atomic E-state index is 13.8. The molecule has 1 aliphatic rings. The highest BCUT2D eigenvalue weighted by atomic mass is 35.5. The fourth-order valence-electron chi connectivity index (χ4n) is 4.86. The Labute approximate surface area is 240 Å². The van der Waals surface area contributed by atoms with E-state index in [1.807, 2.05) is 67.6 Å². The number of nitrogens with zero attached hydrogens (tertiary/aromatic N) is 1. The summed E-state index contributed by atoms with van der Waals surface area (Å²) in [4.78, 5) is 29.4. The molecule has 3 aromatic carbocycles. The lowest BCUT2D eigenvalue weighted by Crippen LogP contribution is -2.52. The van der Waals surface area contributed by atoms with E-state index >= 15 is 0 Å². The monoisotopic (exact) mass is 568 g/mol. The second kappa shape index (κ2) is 14.1. The molecule has 0 aliphatic heterocycles. The number of nitrogens with one attached hydrogen (secondary N) is 1. The van der Waals surface area contributed by atoms with Crippen LogP contribution in [0, 0.1) is 6.92 Å². The molecule has 38 heavy (non-hydrogen) atoms. The third-order valence-corrected chi connectivity index (χ3v) is 8.63. The molecule has 7 heteroatoms. The molecule has 0 bridgehead atoms. The van der Waals surface area contributed by atoms with Crippen LogP contribution < -0.4 is 5.32 Å². The molecule has 1 N–H and O–H groups in total. The first kappa shape index (κ1) is 28.5. The van der Waals surface area contributed by atoms with Crippen LogP contribution >= 0.6 is 35.0 Å². The van der Waals surface area contributed by atoms with Crippen LogP contribution in [0.15, 0.2) is 72.8 Å². The predicted molar refractivity (Wildman–Crippen MR) is 159 cm³/mol. The van der Waals surface area contributed by atoms with Crippen molar-refractivity contribution in [3.63, 3.8) is 0 Å². The van der Waals surface area contributed by atoms with Crippen molar-refractivity contribution in [2.75, 3.05) is 5.75 Å². The number of carbonyl (C=O) groups is 2. The number of carbonyl (C=O) groups excluding carboxylic acids is 2. The van der Waals surface area contributed by atoms with Crippen molar-refractivity contribution in [1.29, 1.82) is 0 Å². The highest BCUT2D eigenvalue weighted by molar-refractivity contribution is 7.99. The number of aryl methyl sites for hydroxylation is 1. The Morgan fingerprint density at radius 3 is 2.39 bits per heavy atom. The van der Waals surface area contributed by atoms with Crippen molar-refractivity contribution in [3.05, 3.63) is 105 Å². The molecule has 0 unspecified atom stereocenters. The highest BCUT2D eigenvalue weighted by Gasteiger charge is 2.32. The normalized spacial score (nSPS) is 14.3. The van der Waals surface area contributed by atoms with Crippen LogP contribution in [0.2, 0.25) is 10.0 Å². The number of rotatable bonds is 11. The van der Waals surface area contributed by atoms with E-state index < -0.39 is 6.04 Å². The van der Waals surface area contributed by atoms with E-state index in [1.54, 1.807) is 17.0 Å². The van der Waals surface area contributed by atoms with E-state index in [9.17, 15) is 9.59 Å². The number of halogens is 2. The second-order valence-corrected chi connectivity index (χ2v) is 11.7. The summed E-state index contributed by atoms with van der Waals surface area (Å²) in [6, 6.07) is 23.0. The van der Waals surface area contributed by atoms with Crippen LogP contribution in [-0.4, -0.2) is 34.6 Å². The zero-order valence-electron chi connectivity index (χ0n) is 21.7. The average molecular weight is 570 g/mol. The molecule has 1 atom stereocenters. The van der Waals surface area contributed by atoms with Crippen molar-refractivity contribution >= 4 is 46.8 Å². The lowest BCUT2D eigenvalue weighted by molar-refractivity contribution is -0.139. The van der Waals surface area contributed by atoms with Gasteiger partial charge in [-0.25, -0.2) is 0 Å². The first-order valence-corrected chi connectivity index (χ1v) is 15.0. The van der Waals surface area contributed by atoms with Gasteiger partial charge in [0, 0.05) is 34.8 Å². The summed E-state index contributed by atoms with van der Waals surface area (Å²) in [5.41, 5.74) is 4.10. The summed E-state index contributed by atoms with van der Waals surface area (Å²) in [6.45, 7) is 2.42. The molecule has 4 nitrogen and oxygen atoms in total. The molecule has 0 heterocycles. The van der Waals surface area contributed by atoms with Crippen molar-refractivity contribution in [1.82, 2.24) is 10.2 Å². The minimum atomic E-state index is -0.607. The summed E-state index contributed by atoms with van der Waals surface area (Å²) < 4.78 is 0. The molecule has 1 saturated carbocycles. The molecule has 0 radical (unpaired) electrons. The zero-order valence-corrected chi connectivity index (χ0v) is 24.0. The van der Waals surface area contributed by atoms with E-state index in [-0.39, 0.29) is 23.6 Å². The molecule has 4 rings (SSSR count). The Balaban J connectivity index is 1.57. The SMILES string of the molecule is Cc1ccccc1CN(C(=O)CSCc1ccc(Cl)cc1Cl)[C@@H](Cc1ccccc1)C(=O)NC1CCCC1. The number of hydrogen-bond donors (Lipinski definition) is 1. The predicted octanol–water partition coefficient (Wildman–Crippen LogP) is 7.23. The quantitative estimate of drug-likeness (QED) is 0.265. The molecule has 0 aromatic heterocycles. The molecule has 1 fully saturated rings. The standard InChI is InChI=1S/C31H34Cl2N2O2S/c1-22-9-5-6-12-24(22)19-35(30(36)21-38-20-25-15-16-26(32)18-28(25)33)29(17-23-10-3-2-4-11-23)31(37)34-27-13-7-8-14-27/h2-6,9-12,15-16,18,27,29H,7-8,13-14,17,19-21H2,1H3,(H,34,37)/t29-/m0/s1. The van der Waals surface area contributed by atoms with Gasteiger partial charge in [-0.15, -0.1) is 11.8 Å². The van der Waals surface area contributed by atoms with Gasteiger partial charge in [0.25, 0.3) is 0 Å². The fraction of sp³-hybridized carbons (Fsp3) is 0.355. The largest absolute Gasteiger partial charge is 0.352 e. The van der Waals surface area contributed by atoms with Gasteiger partial charge in [-0.3, -0.25) is 9.59 Å². The molecule has 0 saturated heterocycles. The van der Waals surface area contributed by atoms with Crippen molar-refractivity contribution in [2.45, 2.75) is 63.4 Å². The maximum Gasteiger partial charge on any atom is 0.243 e. The van der Waals surface area contributed by atoms with Gasteiger partial charge < -0.3 is 10.2 Å². The summed E-state index contributed by atoms with van der Waals surface area (Å²) in [6.07, 6.45) is 4.71. The third kappa shape index (κ3) is 8.02. The maximum absolute atomic E-state index is 13.8. The van der Waals surface area contributed by atoms with Gasteiger partial charge in [0.2, 0.25) is 11.8 Å². The second-order valence-electron chi connectivity index (χ2n) is 9.87. The van der Waals surface area contributed by atoms with E-state index in [0.717, 1.165) is 47.9 Å². The first-order valence-electron chi connectivity index (χ1n) is 13.1. The van der Waals surface area contributed by atoms with E-state index in [2.05, 4.69) is 5.32 Å². The number of thioether (sulfide) groups is 1. The number of hydrogen-bond acceptors (Lipinski definition) is 3. The topological polar surface area (TPSA) is 49.4 Å². The van der Waals surface area contributed by atoms with Gasteiger partial charge in [-0.2, -0.15) is 0 Å². The summed E-state index contributed by atoms with van der Waals surface area (Å²) >= 11 is 13.9. The van der Waals surface area contributed by atoms with E-state index in [0.29, 0.717) is 28.8 Å². The fourth-order valence-corrected chi connectivity index (χ4v) is 6.33.